The van der Waals surface area contributed by atoms with Crippen LogP contribution in [0.3, 0.4) is 0 Å². The lowest BCUT2D eigenvalue weighted by molar-refractivity contribution is 0.389. The summed E-state index contributed by atoms with van der Waals surface area (Å²) in [5.74, 6) is 0.0491. The van der Waals surface area contributed by atoms with E-state index in [1.165, 1.54) is 32.6 Å². The summed E-state index contributed by atoms with van der Waals surface area (Å²) in [7, 11) is 1.52. The Balaban J connectivity index is 0.00000129. The van der Waals surface area contributed by atoms with Gasteiger partial charge in [-0.05, 0) is 63.5 Å². The molecular formula is C28H42F2N4O. The van der Waals surface area contributed by atoms with Crippen molar-refractivity contribution < 1.29 is 13.5 Å². The first-order valence-corrected chi connectivity index (χ1v) is 12.1. The van der Waals surface area contributed by atoms with Crippen LogP contribution in [0.2, 0.25) is 0 Å². The molecule has 3 aromatic heterocycles. The molecule has 0 aromatic carbocycles. The van der Waals surface area contributed by atoms with Crippen molar-refractivity contribution in [3.05, 3.63) is 77.2 Å². The van der Waals surface area contributed by atoms with Gasteiger partial charge in [0.05, 0.1) is 19.5 Å². The summed E-state index contributed by atoms with van der Waals surface area (Å²) in [6.45, 7) is 15.4. The van der Waals surface area contributed by atoms with Crippen LogP contribution in [-0.2, 0) is 13.0 Å². The summed E-state index contributed by atoms with van der Waals surface area (Å²) < 4.78 is 29.5. The van der Waals surface area contributed by atoms with E-state index in [0.29, 0.717) is 18.0 Å². The van der Waals surface area contributed by atoms with Crippen LogP contribution in [0.25, 0.3) is 11.0 Å². The third-order valence-electron chi connectivity index (χ3n) is 4.22. The summed E-state index contributed by atoms with van der Waals surface area (Å²) in [6.07, 6.45) is 11.2. The van der Waals surface area contributed by atoms with Gasteiger partial charge in [0, 0.05) is 35.6 Å². The first-order chi connectivity index (χ1) is 16.8. The number of rotatable bonds is 7. The number of methoxy groups -OCH3 is 1. The van der Waals surface area contributed by atoms with Gasteiger partial charge in [-0.1, -0.05) is 39.8 Å². The van der Waals surface area contributed by atoms with Crippen LogP contribution >= 0.6 is 0 Å². The van der Waals surface area contributed by atoms with Crippen molar-refractivity contribution in [2.45, 2.75) is 74.5 Å². The van der Waals surface area contributed by atoms with Crippen LogP contribution in [0.4, 0.5) is 8.78 Å². The molecule has 0 spiro atoms. The Morgan fingerprint density at radius 2 is 1.77 bits per heavy atom. The molecule has 0 amide bonds. The number of H-pyrrole nitrogens is 1. The molecule has 35 heavy (non-hydrogen) atoms. The molecule has 3 rings (SSSR count). The Morgan fingerprint density at radius 3 is 2.40 bits per heavy atom. The van der Waals surface area contributed by atoms with E-state index in [4.69, 9.17) is 4.74 Å². The lowest BCUT2D eigenvalue weighted by atomic mass is 10.1. The average Bonchev–Trinajstić information content (AvgIpc) is 3.24. The van der Waals surface area contributed by atoms with E-state index < -0.39 is 6.17 Å². The summed E-state index contributed by atoms with van der Waals surface area (Å²) in [4.78, 5) is 11.5. The predicted octanol–water partition coefficient (Wildman–Crippen LogP) is 7.62. The van der Waals surface area contributed by atoms with Gasteiger partial charge in [0.1, 0.15) is 11.5 Å². The number of alkyl halides is 1. The zero-order valence-electron chi connectivity index (χ0n) is 22.7. The van der Waals surface area contributed by atoms with Crippen LogP contribution in [0.1, 0.15) is 65.2 Å². The minimum atomic E-state index is -0.667. The summed E-state index contributed by atoms with van der Waals surface area (Å²) in [5, 5.41) is 4.40. The number of nitrogens with zero attached hydrogens (tertiary/aromatic N) is 2. The minimum Gasteiger partial charge on any atom is -0.481 e. The van der Waals surface area contributed by atoms with E-state index in [0.717, 1.165) is 34.9 Å². The molecule has 7 heteroatoms. The molecule has 3 heterocycles. The average molecular weight is 489 g/mol. The highest BCUT2D eigenvalue weighted by Gasteiger charge is 2.06. The van der Waals surface area contributed by atoms with Gasteiger partial charge in [-0.3, -0.25) is 0 Å². The monoisotopic (exact) mass is 488 g/mol. The summed E-state index contributed by atoms with van der Waals surface area (Å²) in [6, 6.07) is 3.57. The standard InChI is InChI=1S/C21H23FN4O.C3H7F.2C2H6/c1-14-8-19-16(11-25-20(19)24-10-14)7-5-4-6-15(2)23-12-17-9-18(22)13-26-21(17)27-3;1-3(2)4;2*1-2/h4-6,8-11,13,23H,7,12H2,1-3H3,(H,24,25);3H,1-2H3;2*1-2H3/b5-4+,15-6+;;;. The normalized spacial score (nSPS) is 10.7. The molecule has 5 nitrogen and oxygen atoms in total. The highest BCUT2D eigenvalue weighted by atomic mass is 19.1. The van der Waals surface area contributed by atoms with Crippen molar-refractivity contribution in [1.82, 2.24) is 20.3 Å². The smallest absolute Gasteiger partial charge is 0.218 e. The maximum Gasteiger partial charge on any atom is 0.218 e. The number of pyridine rings is 2. The molecule has 0 aliphatic carbocycles. The van der Waals surface area contributed by atoms with Gasteiger partial charge in [0.2, 0.25) is 5.88 Å². The molecular weight excluding hydrogens is 446 g/mol. The Bertz CT molecular complexity index is 1040. The van der Waals surface area contributed by atoms with Gasteiger partial charge in [-0.25, -0.2) is 18.7 Å². The quantitative estimate of drug-likeness (QED) is 0.336. The maximum atomic E-state index is 13.3. The molecule has 0 atom stereocenters. The fourth-order valence-electron chi connectivity index (χ4n) is 2.81. The van der Waals surface area contributed by atoms with Crippen molar-refractivity contribution in [2.24, 2.45) is 0 Å². The number of ether oxygens (including phenoxy) is 1. The topological polar surface area (TPSA) is 62.8 Å². The summed E-state index contributed by atoms with van der Waals surface area (Å²) >= 11 is 0. The highest BCUT2D eigenvalue weighted by molar-refractivity contribution is 5.80. The third-order valence-corrected chi connectivity index (χ3v) is 4.22. The molecule has 3 aromatic rings. The van der Waals surface area contributed by atoms with Crippen LogP contribution in [0, 0.1) is 12.7 Å². The molecule has 0 radical (unpaired) electrons. The van der Waals surface area contributed by atoms with Gasteiger partial charge >= 0.3 is 0 Å². The van der Waals surface area contributed by atoms with Gasteiger partial charge in [0.25, 0.3) is 0 Å². The van der Waals surface area contributed by atoms with Crippen molar-refractivity contribution in [2.75, 3.05) is 7.11 Å². The van der Waals surface area contributed by atoms with Gasteiger partial charge < -0.3 is 15.0 Å². The van der Waals surface area contributed by atoms with Crippen LogP contribution in [0.5, 0.6) is 5.88 Å². The zero-order chi connectivity index (χ0) is 26.8. The zero-order valence-corrected chi connectivity index (χ0v) is 22.7. The predicted molar refractivity (Wildman–Crippen MR) is 144 cm³/mol. The number of hydrogen-bond acceptors (Lipinski definition) is 4. The first-order valence-electron chi connectivity index (χ1n) is 12.1. The van der Waals surface area contributed by atoms with Gasteiger partial charge in [-0.2, -0.15) is 0 Å². The number of allylic oxidation sites excluding steroid dienone is 4. The van der Waals surface area contributed by atoms with E-state index in [1.807, 2.05) is 66.1 Å². The molecule has 194 valence electrons. The van der Waals surface area contributed by atoms with Crippen LogP contribution < -0.4 is 10.1 Å². The van der Waals surface area contributed by atoms with Crippen molar-refractivity contribution in [1.29, 1.82) is 0 Å². The molecule has 0 fully saturated rings. The van der Waals surface area contributed by atoms with Gasteiger partial charge in [0.15, 0.2) is 0 Å². The Morgan fingerprint density at radius 1 is 1.11 bits per heavy atom. The first kappa shape index (κ1) is 31.8. The van der Waals surface area contributed by atoms with Gasteiger partial charge in [-0.15, -0.1) is 0 Å². The lowest BCUT2D eigenvalue weighted by Gasteiger charge is -2.09. The number of aryl methyl sites for hydroxylation is 1. The third kappa shape index (κ3) is 12.2. The Hall–Kier alpha value is -3.22. The van der Waals surface area contributed by atoms with E-state index >= 15 is 0 Å². The number of fused-ring (bicyclic) bond motifs is 1. The molecule has 0 aliphatic heterocycles. The number of nitrogens with one attached hydrogen (secondary N) is 2. The summed E-state index contributed by atoms with van der Waals surface area (Å²) in [5.41, 5.74) is 4.92. The van der Waals surface area contributed by atoms with Crippen molar-refractivity contribution in [3.63, 3.8) is 0 Å². The second-order valence-electron chi connectivity index (χ2n) is 7.39. The fourth-order valence-corrected chi connectivity index (χ4v) is 2.81. The second-order valence-corrected chi connectivity index (χ2v) is 7.39. The van der Waals surface area contributed by atoms with E-state index in [-0.39, 0.29) is 5.82 Å². The van der Waals surface area contributed by atoms with E-state index in [2.05, 4.69) is 32.4 Å². The molecule has 0 saturated heterocycles. The largest absolute Gasteiger partial charge is 0.481 e. The van der Waals surface area contributed by atoms with Crippen LogP contribution in [0.15, 0.2) is 54.6 Å². The number of aromatic nitrogens is 3. The SMILES string of the molecule is CC.CC.CC(C)F.COc1ncc(F)cc1CN/C(C)=C/C=C/Cc1c[nH]c2ncc(C)cc12. The second kappa shape index (κ2) is 18.2. The number of aromatic amines is 1. The molecule has 0 saturated carbocycles. The molecule has 0 aliphatic rings. The number of hydrogen-bond donors (Lipinski definition) is 2. The van der Waals surface area contributed by atoms with E-state index in [9.17, 15) is 8.78 Å². The fraction of sp³-hybridized carbons (Fsp3) is 0.429. The van der Waals surface area contributed by atoms with E-state index in [1.54, 1.807) is 0 Å². The Kier molecular flexibility index (Phi) is 16.5. The van der Waals surface area contributed by atoms with Crippen LogP contribution in [-0.4, -0.2) is 28.2 Å². The number of halogens is 2. The Labute approximate surface area is 209 Å². The molecule has 0 unspecified atom stereocenters. The lowest BCUT2D eigenvalue weighted by Crippen LogP contribution is -2.12. The molecule has 0 bridgehead atoms. The molecule has 2 N–H and O–H groups in total. The van der Waals surface area contributed by atoms with Crippen molar-refractivity contribution >= 4 is 11.0 Å². The van der Waals surface area contributed by atoms with Crippen molar-refractivity contribution in [3.8, 4) is 5.88 Å². The highest BCUT2D eigenvalue weighted by Crippen LogP contribution is 2.18. The minimum absolute atomic E-state index is 0.377. The maximum absolute atomic E-state index is 13.3.